The fourth-order valence-electron chi connectivity index (χ4n) is 9.09. The second-order valence-corrected chi connectivity index (χ2v) is 15.7. The molecule has 0 amide bonds. The minimum atomic E-state index is 0.660. The first-order valence-electron chi connectivity index (χ1n) is 21.0. The van der Waals surface area contributed by atoms with Crippen molar-refractivity contribution in [2.45, 2.75) is 0 Å². The van der Waals surface area contributed by atoms with Gasteiger partial charge in [-0.05, 0) is 69.8 Å². The number of benzene rings is 9. The highest BCUT2D eigenvalue weighted by Gasteiger charge is 2.23. The summed E-state index contributed by atoms with van der Waals surface area (Å²) in [7, 11) is 0. The summed E-state index contributed by atoms with van der Waals surface area (Å²) in [6.45, 7) is 0. The standard InChI is InChI=1S/C58H37N3O/c1-5-17-38(18-6-1)40-31-33-42(34-32-40)50-37-51(60-58(59-50)43-23-11-4-12-24-43)47-28-15-26-45-46-27-16-30-53(57(46)62-56(45)47)61-52-29-14-13-25-48(52)55-49(41-21-9-3-10-22-41)35-44(36-54(55)61)39-19-7-2-8-20-39/h1-37H. The van der Waals surface area contributed by atoms with Crippen LogP contribution in [-0.4, -0.2) is 14.5 Å². The maximum atomic E-state index is 7.20. The van der Waals surface area contributed by atoms with Gasteiger partial charge in [-0.1, -0.05) is 188 Å². The van der Waals surface area contributed by atoms with Gasteiger partial charge in [0.2, 0.25) is 0 Å². The molecular formula is C58H37N3O. The Morgan fingerprint density at radius 3 is 1.56 bits per heavy atom. The smallest absolute Gasteiger partial charge is 0.160 e. The highest BCUT2D eigenvalue weighted by atomic mass is 16.3. The van der Waals surface area contributed by atoms with Gasteiger partial charge in [-0.25, -0.2) is 9.97 Å². The Bertz CT molecular complexity index is 3590. The van der Waals surface area contributed by atoms with Crippen molar-refractivity contribution in [3.05, 3.63) is 224 Å². The van der Waals surface area contributed by atoms with Gasteiger partial charge in [0.05, 0.1) is 28.1 Å². The lowest BCUT2D eigenvalue weighted by Gasteiger charge is -2.12. The monoisotopic (exact) mass is 791 g/mol. The van der Waals surface area contributed by atoms with Crippen molar-refractivity contribution in [2.75, 3.05) is 0 Å². The van der Waals surface area contributed by atoms with Crippen LogP contribution in [0.2, 0.25) is 0 Å². The molecule has 0 atom stereocenters. The first-order valence-corrected chi connectivity index (χ1v) is 21.0. The molecule has 0 aliphatic rings. The van der Waals surface area contributed by atoms with E-state index in [-0.39, 0.29) is 0 Å². The SMILES string of the molecule is c1ccc(-c2ccc(-c3cc(-c4cccc5c4oc4c(-n6c7ccccc7c7c(-c8ccccc8)cc(-c8ccccc8)cc76)cccc45)nc(-c4ccccc4)n3)cc2)cc1. The molecule has 62 heavy (non-hydrogen) atoms. The molecule has 290 valence electrons. The van der Waals surface area contributed by atoms with Crippen LogP contribution in [0.4, 0.5) is 0 Å². The molecule has 9 aromatic carbocycles. The third-order valence-electron chi connectivity index (χ3n) is 12.0. The van der Waals surface area contributed by atoms with Gasteiger partial charge in [0.15, 0.2) is 11.4 Å². The Balaban J connectivity index is 1.08. The first kappa shape index (κ1) is 35.6. The molecule has 0 aliphatic carbocycles. The van der Waals surface area contributed by atoms with E-state index in [1.165, 1.54) is 33.0 Å². The zero-order valence-corrected chi connectivity index (χ0v) is 33.6. The van der Waals surface area contributed by atoms with E-state index >= 15 is 0 Å². The van der Waals surface area contributed by atoms with Crippen LogP contribution in [0.3, 0.4) is 0 Å². The molecule has 0 aliphatic heterocycles. The van der Waals surface area contributed by atoms with Gasteiger partial charge in [-0.3, -0.25) is 0 Å². The third kappa shape index (κ3) is 6.00. The summed E-state index contributed by atoms with van der Waals surface area (Å²) in [5, 5.41) is 4.47. The van der Waals surface area contributed by atoms with Crippen LogP contribution < -0.4 is 0 Å². The molecule has 0 radical (unpaired) electrons. The van der Waals surface area contributed by atoms with Crippen molar-refractivity contribution in [3.8, 4) is 73.0 Å². The summed E-state index contributed by atoms with van der Waals surface area (Å²) < 4.78 is 9.59. The molecule has 4 nitrogen and oxygen atoms in total. The van der Waals surface area contributed by atoms with E-state index in [0.717, 1.165) is 77.9 Å². The van der Waals surface area contributed by atoms with Gasteiger partial charge >= 0.3 is 0 Å². The minimum Gasteiger partial charge on any atom is -0.453 e. The average molecular weight is 792 g/mol. The van der Waals surface area contributed by atoms with Crippen LogP contribution in [0, 0.1) is 0 Å². The summed E-state index contributed by atoms with van der Waals surface area (Å²) in [4.78, 5) is 10.4. The topological polar surface area (TPSA) is 43.9 Å². The lowest BCUT2D eigenvalue weighted by Crippen LogP contribution is -1.96. The molecule has 4 heteroatoms. The fourth-order valence-corrected chi connectivity index (χ4v) is 9.09. The Labute approximate surface area is 358 Å². The minimum absolute atomic E-state index is 0.660. The average Bonchev–Trinajstić information content (AvgIpc) is 3.91. The van der Waals surface area contributed by atoms with Crippen LogP contribution in [-0.2, 0) is 0 Å². The molecular weight excluding hydrogens is 755 g/mol. The van der Waals surface area contributed by atoms with E-state index in [4.69, 9.17) is 14.4 Å². The number of hydrogen-bond donors (Lipinski definition) is 0. The van der Waals surface area contributed by atoms with Gasteiger partial charge in [-0.15, -0.1) is 0 Å². The summed E-state index contributed by atoms with van der Waals surface area (Å²) in [6.07, 6.45) is 0. The Hall–Kier alpha value is -8.34. The normalized spacial score (nSPS) is 11.5. The van der Waals surface area contributed by atoms with E-state index in [1.807, 2.05) is 24.3 Å². The highest BCUT2D eigenvalue weighted by Crippen LogP contribution is 2.44. The van der Waals surface area contributed by atoms with Gasteiger partial charge < -0.3 is 8.98 Å². The quantitative estimate of drug-likeness (QED) is 0.161. The summed E-state index contributed by atoms with van der Waals surface area (Å²) in [6, 6.07) is 79.0. The number of aromatic nitrogens is 3. The van der Waals surface area contributed by atoms with Gasteiger partial charge in [0.1, 0.15) is 5.58 Å². The van der Waals surface area contributed by atoms with Crippen molar-refractivity contribution < 1.29 is 4.42 Å². The zero-order chi connectivity index (χ0) is 41.0. The molecule has 0 bridgehead atoms. The number of fused-ring (bicyclic) bond motifs is 6. The van der Waals surface area contributed by atoms with Crippen molar-refractivity contribution in [1.29, 1.82) is 0 Å². The number of furan rings is 1. The molecule has 0 N–H and O–H groups in total. The summed E-state index contributed by atoms with van der Waals surface area (Å²) in [5.41, 5.74) is 16.4. The lowest BCUT2D eigenvalue weighted by atomic mass is 9.94. The molecule has 12 rings (SSSR count). The van der Waals surface area contributed by atoms with Gasteiger partial charge in [0.25, 0.3) is 0 Å². The molecule has 0 saturated heterocycles. The van der Waals surface area contributed by atoms with Crippen molar-refractivity contribution >= 4 is 43.7 Å². The Morgan fingerprint density at radius 2 is 0.855 bits per heavy atom. The first-order chi connectivity index (χ1) is 30.7. The second-order valence-electron chi connectivity index (χ2n) is 15.7. The Morgan fingerprint density at radius 1 is 0.323 bits per heavy atom. The molecule has 0 spiro atoms. The van der Waals surface area contributed by atoms with Crippen LogP contribution in [0.5, 0.6) is 0 Å². The van der Waals surface area contributed by atoms with Crippen LogP contribution in [0.15, 0.2) is 229 Å². The van der Waals surface area contributed by atoms with Crippen LogP contribution in [0.25, 0.3) is 117 Å². The highest BCUT2D eigenvalue weighted by molar-refractivity contribution is 6.18. The second kappa shape index (κ2) is 14.7. The molecule has 0 unspecified atom stereocenters. The molecule has 0 fully saturated rings. The fraction of sp³-hybridized carbons (Fsp3) is 0. The largest absolute Gasteiger partial charge is 0.453 e. The predicted octanol–water partition coefficient (Wildman–Crippen LogP) is 15.5. The summed E-state index contributed by atoms with van der Waals surface area (Å²) >= 11 is 0. The van der Waals surface area contributed by atoms with E-state index in [2.05, 4.69) is 205 Å². The number of rotatable bonds is 7. The van der Waals surface area contributed by atoms with E-state index in [9.17, 15) is 0 Å². The van der Waals surface area contributed by atoms with Crippen LogP contribution in [0.1, 0.15) is 0 Å². The maximum absolute atomic E-state index is 7.20. The van der Waals surface area contributed by atoms with E-state index in [0.29, 0.717) is 5.82 Å². The van der Waals surface area contributed by atoms with E-state index < -0.39 is 0 Å². The molecule has 0 saturated carbocycles. The molecule has 3 heterocycles. The zero-order valence-electron chi connectivity index (χ0n) is 33.6. The van der Waals surface area contributed by atoms with Gasteiger partial charge in [0, 0.05) is 38.2 Å². The van der Waals surface area contributed by atoms with Gasteiger partial charge in [-0.2, -0.15) is 0 Å². The number of para-hydroxylation sites is 3. The molecule has 3 aromatic heterocycles. The number of nitrogens with zero attached hydrogens (tertiary/aromatic N) is 3. The van der Waals surface area contributed by atoms with E-state index in [1.54, 1.807) is 0 Å². The lowest BCUT2D eigenvalue weighted by molar-refractivity contribution is 0.667. The van der Waals surface area contributed by atoms with Crippen molar-refractivity contribution in [3.63, 3.8) is 0 Å². The number of hydrogen-bond acceptors (Lipinski definition) is 3. The predicted molar refractivity (Wildman–Crippen MR) is 256 cm³/mol. The van der Waals surface area contributed by atoms with Crippen molar-refractivity contribution in [2.24, 2.45) is 0 Å². The van der Waals surface area contributed by atoms with Crippen molar-refractivity contribution in [1.82, 2.24) is 14.5 Å². The maximum Gasteiger partial charge on any atom is 0.160 e. The summed E-state index contributed by atoms with van der Waals surface area (Å²) in [5.74, 6) is 0.660. The molecule has 12 aromatic rings. The van der Waals surface area contributed by atoms with Crippen LogP contribution >= 0.6 is 0 Å². The Kier molecular flexibility index (Phi) is 8.46. The third-order valence-corrected chi connectivity index (χ3v) is 12.0.